The fraction of sp³-hybridized carbons (Fsp3) is 0.467. The number of rotatable bonds is 3. The molecule has 0 aliphatic carbocycles. The Morgan fingerprint density at radius 3 is 2.40 bits per heavy atom. The lowest BCUT2D eigenvalue weighted by molar-refractivity contribution is 0.111. The van der Waals surface area contributed by atoms with Crippen LogP contribution in [0.5, 0.6) is 0 Å². The van der Waals surface area contributed by atoms with Crippen molar-refractivity contribution in [1.82, 2.24) is 14.8 Å². The SMILES string of the molecule is CC.CCOC.Cc1c(-c2ccn(C)n2)c[nH]c1C=O. The highest BCUT2D eigenvalue weighted by atomic mass is 16.5. The highest BCUT2D eigenvalue weighted by Gasteiger charge is 2.09. The molecule has 20 heavy (non-hydrogen) atoms. The van der Waals surface area contributed by atoms with Gasteiger partial charge < -0.3 is 9.72 Å². The molecule has 0 amide bonds. The van der Waals surface area contributed by atoms with Gasteiger partial charge in [0.2, 0.25) is 0 Å². The molecule has 0 aromatic carbocycles. The smallest absolute Gasteiger partial charge is 0.166 e. The predicted molar refractivity (Wildman–Crippen MR) is 82.0 cm³/mol. The first-order valence-electron chi connectivity index (χ1n) is 6.76. The number of aryl methyl sites for hydroxylation is 1. The Hall–Kier alpha value is -1.88. The van der Waals surface area contributed by atoms with Crippen molar-refractivity contribution in [2.75, 3.05) is 13.7 Å². The Labute approximate surface area is 121 Å². The average molecular weight is 279 g/mol. The number of aromatic nitrogens is 3. The Kier molecular flexibility index (Phi) is 9.04. The molecule has 2 aromatic heterocycles. The van der Waals surface area contributed by atoms with Crippen molar-refractivity contribution in [2.45, 2.75) is 27.7 Å². The molecule has 0 aliphatic heterocycles. The van der Waals surface area contributed by atoms with Gasteiger partial charge >= 0.3 is 0 Å². The fourth-order valence-electron chi connectivity index (χ4n) is 1.46. The monoisotopic (exact) mass is 279 g/mol. The lowest BCUT2D eigenvalue weighted by Crippen LogP contribution is -1.88. The number of aldehydes is 1. The predicted octanol–water partition coefficient (Wildman–Crippen LogP) is 3.22. The fourth-order valence-corrected chi connectivity index (χ4v) is 1.46. The molecule has 2 aromatic rings. The van der Waals surface area contributed by atoms with E-state index in [4.69, 9.17) is 0 Å². The number of aromatic amines is 1. The van der Waals surface area contributed by atoms with Crippen LogP contribution in [0.25, 0.3) is 11.3 Å². The molecule has 0 spiro atoms. The number of methoxy groups -OCH3 is 1. The van der Waals surface area contributed by atoms with Gasteiger partial charge in [0.1, 0.15) is 0 Å². The summed E-state index contributed by atoms with van der Waals surface area (Å²) >= 11 is 0. The van der Waals surface area contributed by atoms with Crippen LogP contribution < -0.4 is 0 Å². The van der Waals surface area contributed by atoms with Crippen molar-refractivity contribution < 1.29 is 9.53 Å². The van der Waals surface area contributed by atoms with Gasteiger partial charge in [-0.25, -0.2) is 0 Å². The summed E-state index contributed by atoms with van der Waals surface area (Å²) in [6.45, 7) is 8.68. The van der Waals surface area contributed by atoms with Crippen LogP contribution in [0.2, 0.25) is 0 Å². The van der Waals surface area contributed by atoms with E-state index >= 15 is 0 Å². The number of hydrogen-bond acceptors (Lipinski definition) is 3. The number of carbonyl (C=O) groups excluding carboxylic acids is 1. The maximum absolute atomic E-state index is 10.6. The largest absolute Gasteiger partial charge is 0.385 e. The summed E-state index contributed by atoms with van der Waals surface area (Å²) in [6.07, 6.45) is 4.51. The summed E-state index contributed by atoms with van der Waals surface area (Å²) in [7, 11) is 3.55. The number of carbonyl (C=O) groups is 1. The standard InChI is InChI=1S/C10H11N3O.C3H8O.C2H6/c1-7-8(5-11-10(7)6-14)9-3-4-13(2)12-9;1-3-4-2;1-2/h3-6,11H,1-2H3;3H2,1-2H3;1-2H3. The Morgan fingerprint density at radius 2 is 2.05 bits per heavy atom. The van der Waals surface area contributed by atoms with E-state index in [0.29, 0.717) is 5.69 Å². The van der Waals surface area contributed by atoms with E-state index in [-0.39, 0.29) is 0 Å². The number of hydrogen-bond donors (Lipinski definition) is 1. The second kappa shape index (κ2) is 9.97. The van der Waals surface area contributed by atoms with E-state index in [0.717, 1.165) is 29.7 Å². The number of nitrogens with one attached hydrogen (secondary N) is 1. The molecule has 2 rings (SSSR count). The molecule has 1 N–H and O–H groups in total. The van der Waals surface area contributed by atoms with Gasteiger partial charge in [-0.2, -0.15) is 5.10 Å². The molecule has 0 aliphatic rings. The lowest BCUT2D eigenvalue weighted by Gasteiger charge is -1.93. The van der Waals surface area contributed by atoms with Crippen LogP contribution in [0.15, 0.2) is 18.5 Å². The van der Waals surface area contributed by atoms with Crippen LogP contribution in [0.3, 0.4) is 0 Å². The zero-order valence-electron chi connectivity index (χ0n) is 13.2. The molecule has 5 nitrogen and oxygen atoms in total. The molecule has 2 heterocycles. The van der Waals surface area contributed by atoms with Crippen LogP contribution >= 0.6 is 0 Å². The molecular formula is C15H25N3O2. The first-order chi connectivity index (χ1) is 9.63. The van der Waals surface area contributed by atoms with Crippen molar-refractivity contribution in [3.05, 3.63) is 29.7 Å². The summed E-state index contributed by atoms with van der Waals surface area (Å²) < 4.78 is 6.28. The second-order valence-electron chi connectivity index (χ2n) is 3.81. The number of ether oxygens (including phenoxy) is 1. The third-order valence-electron chi connectivity index (χ3n) is 2.58. The van der Waals surface area contributed by atoms with E-state index in [9.17, 15) is 4.79 Å². The highest BCUT2D eigenvalue weighted by Crippen LogP contribution is 2.22. The van der Waals surface area contributed by atoms with Crippen LogP contribution in [0.4, 0.5) is 0 Å². The van der Waals surface area contributed by atoms with E-state index in [1.165, 1.54) is 0 Å². The Balaban J connectivity index is 0.000000521. The molecule has 0 radical (unpaired) electrons. The van der Waals surface area contributed by atoms with Crippen molar-refractivity contribution >= 4 is 6.29 Å². The van der Waals surface area contributed by atoms with Gasteiger partial charge in [0, 0.05) is 38.7 Å². The minimum Gasteiger partial charge on any atom is -0.385 e. The maximum Gasteiger partial charge on any atom is 0.166 e. The quantitative estimate of drug-likeness (QED) is 0.878. The Bertz CT molecular complexity index is 499. The molecule has 5 heteroatoms. The van der Waals surface area contributed by atoms with Crippen molar-refractivity contribution in [2.24, 2.45) is 7.05 Å². The van der Waals surface area contributed by atoms with E-state index in [1.807, 2.05) is 47.0 Å². The summed E-state index contributed by atoms with van der Waals surface area (Å²) in [5.74, 6) is 0. The first-order valence-corrected chi connectivity index (χ1v) is 6.76. The molecule has 0 bridgehead atoms. The van der Waals surface area contributed by atoms with Gasteiger partial charge in [-0.3, -0.25) is 9.48 Å². The minimum absolute atomic E-state index is 0.616. The third kappa shape index (κ3) is 5.01. The van der Waals surface area contributed by atoms with E-state index in [1.54, 1.807) is 18.0 Å². The molecule has 0 fully saturated rings. The number of nitrogens with zero attached hydrogens (tertiary/aromatic N) is 2. The zero-order valence-corrected chi connectivity index (χ0v) is 13.2. The molecule has 0 saturated carbocycles. The van der Waals surface area contributed by atoms with Gasteiger partial charge in [-0.05, 0) is 25.5 Å². The van der Waals surface area contributed by atoms with Crippen LogP contribution in [-0.4, -0.2) is 34.8 Å². The van der Waals surface area contributed by atoms with E-state index < -0.39 is 0 Å². The van der Waals surface area contributed by atoms with Crippen LogP contribution in [0, 0.1) is 6.92 Å². The second-order valence-corrected chi connectivity index (χ2v) is 3.81. The van der Waals surface area contributed by atoms with Crippen LogP contribution in [0.1, 0.15) is 36.8 Å². The maximum atomic E-state index is 10.6. The van der Waals surface area contributed by atoms with Gasteiger partial charge in [0.05, 0.1) is 11.4 Å². The molecular weight excluding hydrogens is 254 g/mol. The van der Waals surface area contributed by atoms with Gasteiger partial charge in [-0.15, -0.1) is 0 Å². The molecule has 0 unspecified atom stereocenters. The van der Waals surface area contributed by atoms with Crippen molar-refractivity contribution in [3.63, 3.8) is 0 Å². The van der Waals surface area contributed by atoms with Gasteiger partial charge in [0.15, 0.2) is 6.29 Å². The highest BCUT2D eigenvalue weighted by molar-refractivity contribution is 5.80. The normalized spacial score (nSPS) is 9.10. The summed E-state index contributed by atoms with van der Waals surface area (Å²) in [5.41, 5.74) is 3.42. The average Bonchev–Trinajstić information content (AvgIpc) is 3.07. The third-order valence-corrected chi connectivity index (χ3v) is 2.58. The number of H-pyrrole nitrogens is 1. The first kappa shape index (κ1) is 18.1. The van der Waals surface area contributed by atoms with E-state index in [2.05, 4.69) is 14.8 Å². The molecule has 0 saturated heterocycles. The van der Waals surface area contributed by atoms with Gasteiger partial charge in [-0.1, -0.05) is 13.8 Å². The van der Waals surface area contributed by atoms with Gasteiger partial charge in [0.25, 0.3) is 0 Å². The molecule has 112 valence electrons. The molecule has 0 atom stereocenters. The summed E-state index contributed by atoms with van der Waals surface area (Å²) in [6, 6.07) is 1.92. The Morgan fingerprint density at radius 1 is 1.45 bits per heavy atom. The van der Waals surface area contributed by atoms with Crippen molar-refractivity contribution in [3.8, 4) is 11.3 Å². The summed E-state index contributed by atoms with van der Waals surface area (Å²) in [4.78, 5) is 13.5. The van der Waals surface area contributed by atoms with Crippen LogP contribution in [-0.2, 0) is 11.8 Å². The minimum atomic E-state index is 0.616. The zero-order chi connectivity index (χ0) is 15.5. The lowest BCUT2D eigenvalue weighted by atomic mass is 10.1. The van der Waals surface area contributed by atoms with Crippen molar-refractivity contribution in [1.29, 1.82) is 0 Å². The summed E-state index contributed by atoms with van der Waals surface area (Å²) in [5, 5.41) is 4.27. The topological polar surface area (TPSA) is 59.9 Å².